The van der Waals surface area contributed by atoms with Crippen LogP contribution in [0, 0.1) is 0 Å². The number of carbonyl (C=O) groups excluding carboxylic acids is 1. The van der Waals surface area contributed by atoms with E-state index >= 15 is 0 Å². The molecule has 0 radical (unpaired) electrons. The van der Waals surface area contributed by atoms with Gasteiger partial charge in [-0.15, -0.1) is 10.2 Å². The molecule has 2 fully saturated rings. The van der Waals surface area contributed by atoms with Crippen LogP contribution in [0.3, 0.4) is 0 Å². The predicted molar refractivity (Wildman–Crippen MR) is 130 cm³/mol. The molecule has 11 heteroatoms. The average Bonchev–Trinajstić information content (AvgIpc) is 3.40. The highest BCUT2D eigenvalue weighted by atomic mass is 19.4. The van der Waals surface area contributed by atoms with Gasteiger partial charge in [0.15, 0.2) is 0 Å². The topological polar surface area (TPSA) is 63.5 Å². The van der Waals surface area contributed by atoms with Gasteiger partial charge in [-0.25, -0.2) is 4.39 Å². The Hall–Kier alpha value is -3.31. The van der Waals surface area contributed by atoms with E-state index in [1.807, 2.05) is 29.8 Å². The molecule has 1 atom stereocenters. The van der Waals surface area contributed by atoms with Gasteiger partial charge in [0.1, 0.15) is 18.3 Å². The van der Waals surface area contributed by atoms with Crippen molar-refractivity contribution in [2.75, 3.05) is 31.2 Å². The number of likely N-dealkylation sites (tertiary alicyclic amines) is 1. The molecule has 6 rings (SSSR count). The lowest BCUT2D eigenvalue weighted by atomic mass is 9.75. The van der Waals surface area contributed by atoms with Gasteiger partial charge in [0.2, 0.25) is 0 Å². The molecule has 3 aliphatic heterocycles. The van der Waals surface area contributed by atoms with E-state index in [4.69, 9.17) is 4.74 Å². The maximum Gasteiger partial charge on any atom is 0.416 e. The predicted octanol–water partition coefficient (Wildman–Crippen LogP) is 4.22. The van der Waals surface area contributed by atoms with Crippen molar-refractivity contribution in [3.05, 3.63) is 76.4 Å². The minimum atomic E-state index is -4.63. The molecule has 2 aromatic carbocycles. The SMILES string of the molecule is C[C@H](c1cc2c(c(C(F)(F)F)c1)CN(c1cccc(C3(Cc4nncn4C)COC3)c1)C2=O)N1CC(F)C1. The van der Waals surface area contributed by atoms with Crippen LogP contribution in [0.2, 0.25) is 0 Å². The summed E-state index contributed by atoms with van der Waals surface area (Å²) in [6.07, 6.45) is -3.39. The number of benzene rings is 2. The Morgan fingerprint density at radius 2 is 1.95 bits per heavy atom. The molecule has 0 spiro atoms. The number of aryl methyl sites for hydroxylation is 1. The summed E-state index contributed by atoms with van der Waals surface area (Å²) in [6, 6.07) is 9.58. The highest BCUT2D eigenvalue weighted by Gasteiger charge is 2.44. The van der Waals surface area contributed by atoms with Crippen molar-refractivity contribution in [2.24, 2.45) is 7.05 Å². The fourth-order valence-corrected chi connectivity index (χ4v) is 5.61. The van der Waals surface area contributed by atoms with Crippen LogP contribution in [-0.2, 0) is 36.3 Å². The Morgan fingerprint density at radius 3 is 2.55 bits per heavy atom. The Bertz CT molecular complexity index is 1390. The van der Waals surface area contributed by atoms with Crippen LogP contribution in [0.1, 0.15) is 51.4 Å². The van der Waals surface area contributed by atoms with Gasteiger partial charge in [0, 0.05) is 49.3 Å². The molecule has 4 heterocycles. The molecule has 0 bridgehead atoms. The summed E-state index contributed by atoms with van der Waals surface area (Å²) in [5.41, 5.74) is 0.656. The Labute approximate surface area is 217 Å². The summed E-state index contributed by atoms with van der Waals surface area (Å²) in [7, 11) is 1.87. The number of anilines is 1. The monoisotopic (exact) mass is 529 g/mol. The zero-order valence-corrected chi connectivity index (χ0v) is 21.0. The van der Waals surface area contributed by atoms with E-state index in [0.29, 0.717) is 30.9 Å². The van der Waals surface area contributed by atoms with Crippen LogP contribution < -0.4 is 4.90 Å². The highest BCUT2D eigenvalue weighted by molar-refractivity contribution is 6.10. The molecule has 3 aromatic rings. The second-order valence-electron chi connectivity index (χ2n) is 10.6. The number of carbonyl (C=O) groups is 1. The average molecular weight is 530 g/mol. The number of amides is 1. The molecule has 7 nitrogen and oxygen atoms in total. The number of aromatic nitrogens is 3. The van der Waals surface area contributed by atoms with E-state index in [2.05, 4.69) is 10.2 Å². The minimum absolute atomic E-state index is 0.0309. The molecular weight excluding hydrogens is 502 g/mol. The van der Waals surface area contributed by atoms with E-state index in [1.54, 1.807) is 30.3 Å². The summed E-state index contributed by atoms with van der Waals surface area (Å²) >= 11 is 0. The van der Waals surface area contributed by atoms with Gasteiger partial charge in [0.05, 0.1) is 25.3 Å². The molecule has 1 amide bonds. The quantitative estimate of drug-likeness (QED) is 0.448. The van der Waals surface area contributed by atoms with Gasteiger partial charge < -0.3 is 14.2 Å². The third kappa shape index (κ3) is 4.08. The smallest absolute Gasteiger partial charge is 0.379 e. The van der Waals surface area contributed by atoms with Gasteiger partial charge >= 0.3 is 6.18 Å². The first-order valence-electron chi connectivity index (χ1n) is 12.5. The van der Waals surface area contributed by atoms with Crippen molar-refractivity contribution < 1.29 is 27.1 Å². The first kappa shape index (κ1) is 25.0. The molecule has 0 unspecified atom stereocenters. The summed E-state index contributed by atoms with van der Waals surface area (Å²) in [5.74, 6) is 0.317. The summed E-state index contributed by atoms with van der Waals surface area (Å²) in [5, 5.41) is 8.14. The lowest BCUT2D eigenvalue weighted by Crippen LogP contribution is -2.49. The van der Waals surface area contributed by atoms with Crippen molar-refractivity contribution in [3.8, 4) is 0 Å². The Balaban J connectivity index is 1.33. The molecule has 1 aromatic heterocycles. The molecule has 0 N–H and O–H groups in total. The fourth-order valence-electron chi connectivity index (χ4n) is 5.61. The van der Waals surface area contributed by atoms with Crippen molar-refractivity contribution in [2.45, 2.75) is 43.7 Å². The van der Waals surface area contributed by atoms with E-state index in [9.17, 15) is 22.4 Å². The van der Waals surface area contributed by atoms with E-state index < -0.39 is 29.9 Å². The zero-order chi connectivity index (χ0) is 26.8. The first-order chi connectivity index (χ1) is 18.1. The number of halogens is 4. The summed E-state index contributed by atoms with van der Waals surface area (Å²) in [6.45, 7) is 2.84. The molecule has 38 heavy (non-hydrogen) atoms. The normalized spacial score (nSPS) is 20.3. The largest absolute Gasteiger partial charge is 0.416 e. The van der Waals surface area contributed by atoms with Gasteiger partial charge in [0.25, 0.3) is 5.91 Å². The number of nitrogens with zero attached hydrogens (tertiary/aromatic N) is 5. The number of ether oxygens (including phenoxy) is 1. The van der Waals surface area contributed by atoms with Crippen LogP contribution in [0.15, 0.2) is 42.7 Å². The van der Waals surface area contributed by atoms with Crippen molar-refractivity contribution >= 4 is 11.6 Å². The van der Waals surface area contributed by atoms with Crippen molar-refractivity contribution in [1.29, 1.82) is 0 Å². The molecule has 0 aliphatic carbocycles. The van der Waals surface area contributed by atoms with Crippen LogP contribution in [0.4, 0.5) is 23.2 Å². The Morgan fingerprint density at radius 1 is 1.18 bits per heavy atom. The summed E-state index contributed by atoms with van der Waals surface area (Å²) < 4.78 is 63.3. The first-order valence-corrected chi connectivity index (χ1v) is 12.5. The van der Waals surface area contributed by atoms with Crippen LogP contribution in [0.5, 0.6) is 0 Å². The van der Waals surface area contributed by atoms with E-state index in [0.717, 1.165) is 17.5 Å². The van der Waals surface area contributed by atoms with Crippen molar-refractivity contribution in [1.82, 2.24) is 19.7 Å². The van der Waals surface area contributed by atoms with Gasteiger partial charge in [-0.2, -0.15) is 13.2 Å². The van der Waals surface area contributed by atoms with E-state index in [1.165, 1.54) is 4.90 Å². The molecular formula is C27H27F4N5O2. The van der Waals surface area contributed by atoms with Gasteiger partial charge in [-0.05, 0) is 47.9 Å². The maximum atomic E-state index is 14.2. The molecule has 0 saturated carbocycles. The third-order valence-electron chi connectivity index (χ3n) is 8.09. The molecule has 2 saturated heterocycles. The van der Waals surface area contributed by atoms with Crippen LogP contribution >= 0.6 is 0 Å². The molecule has 200 valence electrons. The van der Waals surface area contributed by atoms with E-state index in [-0.39, 0.29) is 36.2 Å². The second-order valence-corrected chi connectivity index (χ2v) is 10.6. The van der Waals surface area contributed by atoms with Crippen LogP contribution in [-0.4, -0.2) is 58.0 Å². The second kappa shape index (κ2) is 8.88. The minimum Gasteiger partial charge on any atom is -0.379 e. The number of hydrogen-bond acceptors (Lipinski definition) is 5. The number of fused-ring (bicyclic) bond motifs is 1. The maximum absolute atomic E-state index is 14.2. The fraction of sp³-hybridized carbons (Fsp3) is 0.444. The zero-order valence-electron chi connectivity index (χ0n) is 21.0. The Kier molecular flexibility index (Phi) is 5.84. The molecule has 3 aliphatic rings. The summed E-state index contributed by atoms with van der Waals surface area (Å²) in [4.78, 5) is 16.7. The number of rotatable bonds is 6. The number of hydrogen-bond donors (Lipinski definition) is 0. The third-order valence-corrected chi connectivity index (χ3v) is 8.09. The lowest BCUT2D eigenvalue weighted by Gasteiger charge is -2.42. The highest BCUT2D eigenvalue weighted by Crippen LogP contribution is 2.43. The standard InChI is InChI=1S/C27H27F4N5O2/c1-16(35-10-19(28)11-35)17-6-21-22(23(7-17)27(29,30)31)12-36(25(21)37)20-5-3-4-18(8-20)26(13-38-14-26)9-24-33-32-15-34(24)2/h3-8,15-16,19H,9-14H2,1-2H3/t16-/m1/s1. The van der Waals surface area contributed by atoms with Crippen molar-refractivity contribution in [3.63, 3.8) is 0 Å². The van der Waals surface area contributed by atoms with Gasteiger partial charge in [-0.1, -0.05) is 12.1 Å². The van der Waals surface area contributed by atoms with Gasteiger partial charge in [-0.3, -0.25) is 9.69 Å². The lowest BCUT2D eigenvalue weighted by molar-refractivity contribution is -0.138. The number of alkyl halides is 4. The van der Waals surface area contributed by atoms with Crippen LogP contribution in [0.25, 0.3) is 0 Å².